The van der Waals surface area contributed by atoms with E-state index in [4.69, 9.17) is 23.2 Å². The van der Waals surface area contributed by atoms with Gasteiger partial charge in [-0.15, -0.1) is 0 Å². The first-order valence-corrected chi connectivity index (χ1v) is 7.56. The van der Waals surface area contributed by atoms with Crippen LogP contribution in [0.2, 0.25) is 10.0 Å². The van der Waals surface area contributed by atoms with Crippen molar-refractivity contribution in [1.82, 2.24) is 5.32 Å². The molecule has 0 saturated heterocycles. The fourth-order valence-electron chi connectivity index (χ4n) is 1.51. The summed E-state index contributed by atoms with van der Waals surface area (Å²) in [6.45, 7) is 4.43. The Kier molecular flexibility index (Phi) is 6.71. The van der Waals surface area contributed by atoms with E-state index in [-0.39, 0.29) is 0 Å². The first-order valence-electron chi connectivity index (χ1n) is 5.75. The van der Waals surface area contributed by atoms with Gasteiger partial charge in [0.2, 0.25) is 0 Å². The maximum absolute atomic E-state index is 6.17. The van der Waals surface area contributed by atoms with Gasteiger partial charge in [0.25, 0.3) is 0 Å². The molecule has 17 heavy (non-hydrogen) atoms. The predicted octanol–water partition coefficient (Wildman–Crippen LogP) is 4.27. The van der Waals surface area contributed by atoms with Crippen molar-refractivity contribution in [2.24, 2.45) is 0 Å². The number of halogens is 2. The van der Waals surface area contributed by atoms with E-state index in [0.717, 1.165) is 22.8 Å². The molecule has 0 amide bonds. The zero-order valence-corrected chi connectivity index (χ0v) is 12.8. The second-order valence-electron chi connectivity index (χ2n) is 4.31. The van der Waals surface area contributed by atoms with Gasteiger partial charge in [0, 0.05) is 21.8 Å². The van der Waals surface area contributed by atoms with Crippen LogP contribution in [0.1, 0.15) is 19.4 Å². The lowest BCUT2D eigenvalue weighted by molar-refractivity contribution is 0.616. The first kappa shape index (κ1) is 15.2. The van der Waals surface area contributed by atoms with Crippen LogP contribution in [0.5, 0.6) is 0 Å². The zero-order chi connectivity index (χ0) is 12.8. The molecule has 1 nitrogen and oxygen atoms in total. The van der Waals surface area contributed by atoms with Crippen LogP contribution in [0, 0.1) is 0 Å². The highest BCUT2D eigenvalue weighted by Gasteiger charge is 2.11. The number of hydrogen-bond acceptors (Lipinski definition) is 2. The van der Waals surface area contributed by atoms with Gasteiger partial charge < -0.3 is 5.32 Å². The largest absolute Gasteiger partial charge is 0.316 e. The SMILES string of the molecule is CNC(CSC(C)C)Cc1ccc(Cl)cc1Cl. The highest BCUT2D eigenvalue weighted by atomic mass is 35.5. The Hall–Kier alpha value is 0.110. The summed E-state index contributed by atoms with van der Waals surface area (Å²) in [6, 6.07) is 6.15. The number of hydrogen-bond donors (Lipinski definition) is 1. The minimum absolute atomic E-state index is 0.445. The van der Waals surface area contributed by atoms with Gasteiger partial charge in [0.05, 0.1) is 0 Å². The maximum Gasteiger partial charge on any atom is 0.0453 e. The molecule has 1 aromatic rings. The van der Waals surface area contributed by atoms with Crippen molar-refractivity contribution in [2.75, 3.05) is 12.8 Å². The van der Waals surface area contributed by atoms with E-state index in [0.29, 0.717) is 16.3 Å². The lowest BCUT2D eigenvalue weighted by atomic mass is 10.1. The highest BCUT2D eigenvalue weighted by Crippen LogP contribution is 2.23. The molecule has 1 atom stereocenters. The monoisotopic (exact) mass is 291 g/mol. The third-order valence-corrected chi connectivity index (χ3v) is 4.37. The Labute approximate surface area is 118 Å². The molecule has 0 fully saturated rings. The van der Waals surface area contributed by atoms with Crippen molar-refractivity contribution in [1.29, 1.82) is 0 Å². The van der Waals surface area contributed by atoms with Crippen LogP contribution in [0.15, 0.2) is 18.2 Å². The number of likely N-dealkylation sites (N-methyl/N-ethyl adjacent to an activating group) is 1. The number of benzene rings is 1. The van der Waals surface area contributed by atoms with Gasteiger partial charge in [-0.25, -0.2) is 0 Å². The van der Waals surface area contributed by atoms with Gasteiger partial charge in [-0.05, 0) is 36.4 Å². The molecule has 0 aliphatic rings. The topological polar surface area (TPSA) is 12.0 Å². The Balaban J connectivity index is 2.60. The standard InChI is InChI=1S/C13H19Cl2NS/c1-9(2)17-8-12(16-3)6-10-4-5-11(14)7-13(10)15/h4-5,7,9,12,16H,6,8H2,1-3H3. The molecule has 0 spiro atoms. The van der Waals surface area contributed by atoms with Crippen LogP contribution in [-0.2, 0) is 6.42 Å². The van der Waals surface area contributed by atoms with Gasteiger partial charge in [-0.1, -0.05) is 43.1 Å². The fourth-order valence-corrected chi connectivity index (χ4v) is 2.89. The Morgan fingerprint density at radius 2 is 2.00 bits per heavy atom. The van der Waals surface area contributed by atoms with Crippen molar-refractivity contribution in [3.63, 3.8) is 0 Å². The second kappa shape index (κ2) is 7.52. The van der Waals surface area contributed by atoms with Crippen molar-refractivity contribution in [3.8, 4) is 0 Å². The highest BCUT2D eigenvalue weighted by molar-refractivity contribution is 7.99. The normalized spacial score (nSPS) is 13.1. The average Bonchev–Trinajstić information content (AvgIpc) is 2.26. The Morgan fingerprint density at radius 3 is 2.53 bits per heavy atom. The zero-order valence-electron chi connectivity index (χ0n) is 10.5. The van der Waals surface area contributed by atoms with Gasteiger partial charge in [0.1, 0.15) is 0 Å². The quantitative estimate of drug-likeness (QED) is 0.840. The Bertz CT molecular complexity index is 355. The molecule has 0 bridgehead atoms. The van der Waals surface area contributed by atoms with Crippen LogP contribution in [0.25, 0.3) is 0 Å². The summed E-state index contributed by atoms with van der Waals surface area (Å²) in [5.41, 5.74) is 1.15. The van der Waals surface area contributed by atoms with E-state index in [1.807, 2.05) is 30.9 Å². The molecule has 1 unspecified atom stereocenters. The molecule has 0 aliphatic carbocycles. The van der Waals surface area contributed by atoms with Gasteiger partial charge >= 0.3 is 0 Å². The lowest BCUT2D eigenvalue weighted by Gasteiger charge is -2.18. The number of nitrogens with one attached hydrogen (secondary N) is 1. The van der Waals surface area contributed by atoms with E-state index in [1.165, 1.54) is 0 Å². The minimum Gasteiger partial charge on any atom is -0.316 e. The third kappa shape index (κ3) is 5.52. The molecule has 0 heterocycles. The van der Waals surface area contributed by atoms with E-state index < -0.39 is 0 Å². The molecule has 1 N–H and O–H groups in total. The smallest absolute Gasteiger partial charge is 0.0453 e. The van der Waals surface area contributed by atoms with Crippen molar-refractivity contribution in [2.45, 2.75) is 31.6 Å². The van der Waals surface area contributed by atoms with Crippen LogP contribution in [0.4, 0.5) is 0 Å². The molecule has 0 radical (unpaired) electrons. The Morgan fingerprint density at radius 1 is 1.29 bits per heavy atom. The molecule has 1 aromatic carbocycles. The van der Waals surface area contributed by atoms with E-state index in [9.17, 15) is 0 Å². The van der Waals surface area contributed by atoms with E-state index >= 15 is 0 Å². The summed E-state index contributed by atoms with van der Waals surface area (Å²) in [6.07, 6.45) is 0.937. The van der Waals surface area contributed by atoms with Crippen molar-refractivity contribution in [3.05, 3.63) is 33.8 Å². The molecule has 96 valence electrons. The molecular formula is C13H19Cl2NS. The van der Waals surface area contributed by atoms with E-state index in [2.05, 4.69) is 19.2 Å². The summed E-state index contributed by atoms with van der Waals surface area (Å²) < 4.78 is 0. The van der Waals surface area contributed by atoms with Crippen molar-refractivity contribution < 1.29 is 0 Å². The average molecular weight is 292 g/mol. The summed E-state index contributed by atoms with van der Waals surface area (Å²) in [5.74, 6) is 1.09. The minimum atomic E-state index is 0.445. The van der Waals surface area contributed by atoms with Crippen LogP contribution in [-0.4, -0.2) is 24.1 Å². The predicted molar refractivity (Wildman–Crippen MR) is 80.6 cm³/mol. The molecule has 0 aromatic heterocycles. The van der Waals surface area contributed by atoms with Crippen LogP contribution < -0.4 is 5.32 Å². The molecule has 1 rings (SSSR count). The summed E-state index contributed by atoms with van der Waals surface area (Å²) >= 11 is 14.0. The third-order valence-electron chi connectivity index (χ3n) is 2.52. The summed E-state index contributed by atoms with van der Waals surface area (Å²) in [4.78, 5) is 0. The lowest BCUT2D eigenvalue weighted by Crippen LogP contribution is -2.30. The summed E-state index contributed by atoms with van der Waals surface area (Å²) in [5, 5.41) is 5.44. The van der Waals surface area contributed by atoms with E-state index in [1.54, 1.807) is 6.07 Å². The van der Waals surface area contributed by atoms with Gasteiger partial charge in [-0.2, -0.15) is 11.8 Å². The van der Waals surface area contributed by atoms with Gasteiger partial charge in [-0.3, -0.25) is 0 Å². The van der Waals surface area contributed by atoms with Crippen LogP contribution in [0.3, 0.4) is 0 Å². The van der Waals surface area contributed by atoms with Crippen molar-refractivity contribution >= 4 is 35.0 Å². The second-order valence-corrected chi connectivity index (χ2v) is 6.76. The number of rotatable bonds is 6. The van der Waals surface area contributed by atoms with Gasteiger partial charge in [0.15, 0.2) is 0 Å². The first-order chi connectivity index (χ1) is 8.02. The molecule has 0 saturated carbocycles. The molecule has 4 heteroatoms. The fraction of sp³-hybridized carbons (Fsp3) is 0.538. The maximum atomic E-state index is 6.17. The van der Waals surface area contributed by atoms with Crippen LogP contribution >= 0.6 is 35.0 Å². The molecular weight excluding hydrogens is 273 g/mol. The number of thioether (sulfide) groups is 1. The summed E-state index contributed by atoms with van der Waals surface area (Å²) in [7, 11) is 2.00. The molecule has 0 aliphatic heterocycles.